The van der Waals surface area contributed by atoms with Gasteiger partial charge in [-0.2, -0.15) is 5.26 Å². The van der Waals surface area contributed by atoms with Crippen molar-refractivity contribution < 1.29 is 9.53 Å². The van der Waals surface area contributed by atoms with Crippen LogP contribution in [0.2, 0.25) is 0 Å². The molecule has 0 aliphatic heterocycles. The number of nitrogens with zero attached hydrogens (tertiary/aromatic N) is 1. The van der Waals surface area contributed by atoms with Crippen LogP contribution >= 0.6 is 0 Å². The Morgan fingerprint density at radius 1 is 1.10 bits per heavy atom. The molecule has 104 valence electrons. The molecule has 0 radical (unpaired) electrons. The highest BCUT2D eigenvalue weighted by Crippen LogP contribution is 2.22. The fourth-order valence-corrected chi connectivity index (χ4v) is 1.82. The summed E-state index contributed by atoms with van der Waals surface area (Å²) >= 11 is 0. The quantitative estimate of drug-likeness (QED) is 0.480. The maximum Gasteiger partial charge on any atom is 0.335 e. The summed E-state index contributed by atoms with van der Waals surface area (Å²) < 4.78 is 5.18. The van der Waals surface area contributed by atoms with E-state index in [-0.39, 0.29) is 5.97 Å². The van der Waals surface area contributed by atoms with Crippen molar-refractivity contribution in [2.75, 3.05) is 0 Å². The van der Waals surface area contributed by atoms with Gasteiger partial charge >= 0.3 is 5.97 Å². The number of esters is 1. The summed E-state index contributed by atoms with van der Waals surface area (Å²) in [6, 6.07) is 16.7. The number of benzene rings is 2. The van der Waals surface area contributed by atoms with Gasteiger partial charge in [0, 0.05) is 6.08 Å². The highest BCUT2D eigenvalue weighted by molar-refractivity contribution is 5.84. The molecule has 0 aliphatic rings. The Morgan fingerprint density at radius 2 is 1.67 bits per heavy atom. The molecule has 2 rings (SSSR count). The molecule has 0 unspecified atom stereocenters. The van der Waals surface area contributed by atoms with Crippen LogP contribution in [0.25, 0.3) is 11.1 Å². The zero-order valence-electron chi connectivity index (χ0n) is 11.7. The molecular weight excluding hydrogens is 262 g/mol. The third-order valence-electron chi connectivity index (χ3n) is 2.91. The zero-order chi connectivity index (χ0) is 15.1. The average Bonchev–Trinajstić information content (AvgIpc) is 2.54. The largest absolute Gasteiger partial charge is 0.423 e. The lowest BCUT2D eigenvalue weighted by molar-refractivity contribution is -0.129. The van der Waals surface area contributed by atoms with Crippen molar-refractivity contribution in [1.82, 2.24) is 0 Å². The minimum atomic E-state index is -0.372. The molecule has 0 heterocycles. The summed E-state index contributed by atoms with van der Waals surface area (Å²) in [6.45, 7) is 1.95. The van der Waals surface area contributed by atoms with Gasteiger partial charge in [0.15, 0.2) is 0 Å². The Morgan fingerprint density at radius 3 is 2.19 bits per heavy atom. The molecule has 3 nitrogen and oxygen atoms in total. The van der Waals surface area contributed by atoms with E-state index in [9.17, 15) is 4.79 Å². The number of ether oxygens (including phenoxy) is 1. The maximum atomic E-state index is 11.5. The van der Waals surface area contributed by atoms with E-state index in [0.29, 0.717) is 11.3 Å². The lowest BCUT2D eigenvalue weighted by Gasteiger charge is -2.04. The summed E-state index contributed by atoms with van der Waals surface area (Å²) in [5.41, 5.74) is 2.65. The fourth-order valence-electron chi connectivity index (χ4n) is 1.82. The van der Waals surface area contributed by atoms with E-state index in [0.717, 1.165) is 17.5 Å². The first-order valence-corrected chi connectivity index (χ1v) is 6.72. The Balaban J connectivity index is 2.09. The Kier molecular flexibility index (Phi) is 4.89. The number of carbonyl (C=O) groups excluding carboxylic acids is 1. The molecule has 0 aromatic heterocycles. The van der Waals surface area contributed by atoms with E-state index < -0.39 is 0 Å². The van der Waals surface area contributed by atoms with Crippen LogP contribution in [0.1, 0.15) is 18.9 Å². The third-order valence-corrected chi connectivity index (χ3v) is 2.91. The SMILES string of the molecule is CC/C=C/C(=O)Oc1ccc(-c2ccc(C#N)cc2)cc1. The number of carbonyl (C=O) groups is 1. The smallest absolute Gasteiger partial charge is 0.335 e. The van der Waals surface area contributed by atoms with E-state index in [1.807, 2.05) is 31.2 Å². The van der Waals surface area contributed by atoms with Crippen molar-refractivity contribution in [3.05, 3.63) is 66.2 Å². The molecule has 2 aromatic carbocycles. The lowest BCUT2D eigenvalue weighted by Crippen LogP contribution is -2.03. The first-order chi connectivity index (χ1) is 10.2. The number of hydrogen-bond acceptors (Lipinski definition) is 3. The number of rotatable bonds is 4. The van der Waals surface area contributed by atoms with E-state index in [2.05, 4.69) is 6.07 Å². The summed E-state index contributed by atoms with van der Waals surface area (Å²) in [6.07, 6.45) is 3.98. The standard InChI is InChI=1S/C18H15NO2/c1-2-3-4-18(20)21-17-11-9-16(10-12-17)15-7-5-14(13-19)6-8-15/h3-12H,2H2,1H3/b4-3+. The predicted molar refractivity (Wildman–Crippen MR) is 81.7 cm³/mol. The number of nitriles is 1. The van der Waals surface area contributed by atoms with Gasteiger partial charge in [0.1, 0.15) is 5.75 Å². The van der Waals surface area contributed by atoms with Gasteiger partial charge in [-0.25, -0.2) is 4.79 Å². The zero-order valence-corrected chi connectivity index (χ0v) is 11.7. The van der Waals surface area contributed by atoms with Gasteiger partial charge in [-0.1, -0.05) is 37.3 Å². The van der Waals surface area contributed by atoms with Gasteiger partial charge in [-0.3, -0.25) is 0 Å². The minimum absolute atomic E-state index is 0.372. The molecule has 0 atom stereocenters. The number of allylic oxidation sites excluding steroid dienone is 1. The van der Waals surface area contributed by atoms with Crippen molar-refractivity contribution in [2.24, 2.45) is 0 Å². The van der Waals surface area contributed by atoms with Crippen LogP contribution in [0.15, 0.2) is 60.7 Å². The van der Waals surface area contributed by atoms with Crippen LogP contribution in [0, 0.1) is 11.3 Å². The molecule has 0 bridgehead atoms. The third kappa shape index (κ3) is 4.05. The van der Waals surface area contributed by atoms with E-state index >= 15 is 0 Å². The fraction of sp³-hybridized carbons (Fsp3) is 0.111. The van der Waals surface area contributed by atoms with Crippen LogP contribution in [0.4, 0.5) is 0 Å². The van der Waals surface area contributed by atoms with E-state index in [1.54, 1.807) is 30.3 Å². The second-order valence-electron chi connectivity index (χ2n) is 4.45. The molecule has 2 aromatic rings. The van der Waals surface area contributed by atoms with Crippen molar-refractivity contribution >= 4 is 5.97 Å². The lowest BCUT2D eigenvalue weighted by atomic mass is 10.0. The first kappa shape index (κ1) is 14.5. The Bertz CT molecular complexity index is 677. The van der Waals surface area contributed by atoms with Crippen LogP contribution in [-0.2, 0) is 4.79 Å². The molecule has 0 saturated heterocycles. The van der Waals surface area contributed by atoms with Crippen LogP contribution in [0.3, 0.4) is 0 Å². The second kappa shape index (κ2) is 7.06. The molecule has 3 heteroatoms. The molecule has 0 aliphatic carbocycles. The molecule has 21 heavy (non-hydrogen) atoms. The van der Waals surface area contributed by atoms with Gasteiger partial charge in [-0.05, 0) is 41.8 Å². The Labute approximate surface area is 124 Å². The van der Waals surface area contributed by atoms with Gasteiger partial charge in [0.05, 0.1) is 11.6 Å². The summed E-state index contributed by atoms with van der Waals surface area (Å²) in [5.74, 6) is 0.140. The van der Waals surface area contributed by atoms with Gasteiger partial charge < -0.3 is 4.74 Å². The van der Waals surface area contributed by atoms with Crippen molar-refractivity contribution in [2.45, 2.75) is 13.3 Å². The molecule has 0 N–H and O–H groups in total. The molecule has 0 saturated carbocycles. The molecule has 0 amide bonds. The van der Waals surface area contributed by atoms with Crippen LogP contribution in [0.5, 0.6) is 5.75 Å². The molecule has 0 spiro atoms. The average molecular weight is 277 g/mol. The maximum absolute atomic E-state index is 11.5. The topological polar surface area (TPSA) is 50.1 Å². The minimum Gasteiger partial charge on any atom is -0.423 e. The normalized spacial score (nSPS) is 10.3. The summed E-state index contributed by atoms with van der Waals surface area (Å²) in [5, 5.41) is 8.78. The highest BCUT2D eigenvalue weighted by atomic mass is 16.5. The molecular formula is C18H15NO2. The predicted octanol–water partition coefficient (Wildman–Crippen LogP) is 4.10. The van der Waals surface area contributed by atoms with Gasteiger partial charge in [-0.15, -0.1) is 0 Å². The Hall–Kier alpha value is -2.86. The summed E-state index contributed by atoms with van der Waals surface area (Å²) in [7, 11) is 0. The van der Waals surface area contributed by atoms with Gasteiger partial charge in [0.25, 0.3) is 0 Å². The van der Waals surface area contributed by atoms with Crippen molar-refractivity contribution in [3.8, 4) is 22.9 Å². The second-order valence-corrected chi connectivity index (χ2v) is 4.45. The molecule has 0 fully saturated rings. The number of hydrogen-bond donors (Lipinski definition) is 0. The van der Waals surface area contributed by atoms with E-state index in [1.165, 1.54) is 6.08 Å². The van der Waals surface area contributed by atoms with Crippen molar-refractivity contribution in [3.63, 3.8) is 0 Å². The monoisotopic (exact) mass is 277 g/mol. The highest BCUT2D eigenvalue weighted by Gasteiger charge is 2.02. The first-order valence-electron chi connectivity index (χ1n) is 6.72. The van der Waals surface area contributed by atoms with Crippen molar-refractivity contribution in [1.29, 1.82) is 5.26 Å². The van der Waals surface area contributed by atoms with Gasteiger partial charge in [0.2, 0.25) is 0 Å². The van der Waals surface area contributed by atoms with Crippen LogP contribution < -0.4 is 4.74 Å². The summed E-state index contributed by atoms with van der Waals surface area (Å²) in [4.78, 5) is 11.5. The van der Waals surface area contributed by atoms with Crippen LogP contribution in [-0.4, -0.2) is 5.97 Å². The van der Waals surface area contributed by atoms with E-state index in [4.69, 9.17) is 10.00 Å².